The molecule has 1 aromatic rings. The van der Waals surface area contributed by atoms with Gasteiger partial charge in [0.15, 0.2) is 11.7 Å². The normalized spacial score (nSPS) is 14.3. The van der Waals surface area contributed by atoms with E-state index < -0.39 is 48.4 Å². The van der Waals surface area contributed by atoms with Crippen LogP contribution in [-0.2, 0) is 19.1 Å². The number of hydrogen-bond acceptors (Lipinski definition) is 6. The number of hydrogen-bond donors (Lipinski definition) is 1. The number of Topliss-reactive ketones (excluding diaryl/α,β-unsaturated/α-hetero) is 1. The van der Waals surface area contributed by atoms with Crippen molar-refractivity contribution in [2.75, 3.05) is 13.2 Å². The maximum Gasteiger partial charge on any atom is 0.320 e. The van der Waals surface area contributed by atoms with Gasteiger partial charge >= 0.3 is 11.9 Å². The molecule has 1 atom stereocenters. The molecule has 0 radical (unpaired) electrons. The third-order valence-corrected chi connectivity index (χ3v) is 3.51. The molecule has 1 aliphatic heterocycles. The standard InChI is InChI=1S/C16H15NO7/c1-2-24-16(23)12(15(21)22)7-9(18)8-17-13(19)10-5-3-4-6-11(10)14(17)20/h3-6,12H,2,7-8H2,1H3,(H,21,22). The molecule has 8 nitrogen and oxygen atoms in total. The number of carbonyl (C=O) groups excluding carboxylic acids is 4. The lowest BCUT2D eigenvalue weighted by Crippen LogP contribution is -2.37. The molecule has 126 valence electrons. The van der Waals surface area contributed by atoms with Crippen LogP contribution in [0.5, 0.6) is 0 Å². The van der Waals surface area contributed by atoms with Crippen molar-refractivity contribution in [2.45, 2.75) is 13.3 Å². The minimum Gasteiger partial charge on any atom is -0.481 e. The molecule has 2 amide bonds. The fraction of sp³-hybridized carbons (Fsp3) is 0.312. The van der Waals surface area contributed by atoms with Crippen LogP contribution in [0.4, 0.5) is 0 Å². The van der Waals surface area contributed by atoms with Crippen molar-refractivity contribution in [2.24, 2.45) is 5.92 Å². The van der Waals surface area contributed by atoms with Gasteiger partial charge < -0.3 is 9.84 Å². The Morgan fingerprint density at radius 1 is 1.12 bits per heavy atom. The van der Waals surface area contributed by atoms with Gasteiger partial charge in [0.1, 0.15) is 0 Å². The second-order valence-corrected chi connectivity index (χ2v) is 5.13. The van der Waals surface area contributed by atoms with E-state index >= 15 is 0 Å². The van der Waals surface area contributed by atoms with Crippen molar-refractivity contribution in [1.82, 2.24) is 4.90 Å². The first-order chi connectivity index (χ1) is 11.4. The van der Waals surface area contributed by atoms with E-state index in [9.17, 15) is 24.0 Å². The van der Waals surface area contributed by atoms with Crippen LogP contribution in [-0.4, -0.2) is 52.7 Å². The minimum atomic E-state index is -1.66. The molecule has 0 saturated carbocycles. The van der Waals surface area contributed by atoms with Crippen LogP contribution in [0.3, 0.4) is 0 Å². The van der Waals surface area contributed by atoms with Gasteiger partial charge in [-0.3, -0.25) is 28.9 Å². The number of carboxylic acids is 1. The Morgan fingerprint density at radius 2 is 1.67 bits per heavy atom. The SMILES string of the molecule is CCOC(=O)C(CC(=O)CN1C(=O)c2ccccc2C1=O)C(=O)O. The summed E-state index contributed by atoms with van der Waals surface area (Å²) in [4.78, 5) is 59.7. The van der Waals surface area contributed by atoms with Gasteiger partial charge in [-0.05, 0) is 19.1 Å². The molecule has 1 N–H and O–H groups in total. The number of amides is 2. The summed E-state index contributed by atoms with van der Waals surface area (Å²) in [5, 5.41) is 9.03. The zero-order valence-corrected chi connectivity index (χ0v) is 12.9. The number of nitrogens with zero attached hydrogens (tertiary/aromatic N) is 1. The Kier molecular flexibility index (Phi) is 5.08. The van der Waals surface area contributed by atoms with E-state index in [1.54, 1.807) is 12.1 Å². The Morgan fingerprint density at radius 3 is 2.12 bits per heavy atom. The van der Waals surface area contributed by atoms with Gasteiger partial charge in [0.05, 0.1) is 24.3 Å². The number of carbonyl (C=O) groups is 5. The molecule has 8 heteroatoms. The van der Waals surface area contributed by atoms with Crippen LogP contribution in [0.1, 0.15) is 34.1 Å². The van der Waals surface area contributed by atoms with E-state index in [2.05, 4.69) is 4.74 Å². The van der Waals surface area contributed by atoms with Crippen LogP contribution < -0.4 is 0 Å². The summed E-state index contributed by atoms with van der Waals surface area (Å²) >= 11 is 0. The highest BCUT2D eigenvalue weighted by Crippen LogP contribution is 2.22. The molecule has 2 rings (SSSR count). The van der Waals surface area contributed by atoms with Crippen molar-refractivity contribution < 1.29 is 33.8 Å². The van der Waals surface area contributed by atoms with Gasteiger partial charge in [-0.2, -0.15) is 0 Å². The number of ether oxygens (including phenoxy) is 1. The fourth-order valence-corrected chi connectivity index (χ4v) is 2.37. The highest BCUT2D eigenvalue weighted by molar-refractivity contribution is 6.22. The van der Waals surface area contributed by atoms with E-state index in [0.717, 1.165) is 4.90 Å². The zero-order valence-electron chi connectivity index (χ0n) is 12.9. The summed E-state index contributed by atoms with van der Waals surface area (Å²) < 4.78 is 4.61. The highest BCUT2D eigenvalue weighted by Gasteiger charge is 2.38. The molecule has 24 heavy (non-hydrogen) atoms. The van der Waals surface area contributed by atoms with E-state index in [1.165, 1.54) is 19.1 Å². The van der Waals surface area contributed by atoms with Gasteiger partial charge in [-0.15, -0.1) is 0 Å². The van der Waals surface area contributed by atoms with Gasteiger partial charge in [0.2, 0.25) is 0 Å². The van der Waals surface area contributed by atoms with Crippen LogP contribution in [0, 0.1) is 5.92 Å². The average Bonchev–Trinajstić information content (AvgIpc) is 2.78. The second-order valence-electron chi connectivity index (χ2n) is 5.13. The Labute approximate surface area is 137 Å². The predicted molar refractivity (Wildman–Crippen MR) is 79.2 cm³/mol. The third-order valence-electron chi connectivity index (χ3n) is 3.51. The summed E-state index contributed by atoms with van der Waals surface area (Å²) in [6.45, 7) is 0.905. The number of carboxylic acid groups (broad SMARTS) is 1. The molecule has 1 aliphatic rings. The van der Waals surface area contributed by atoms with Crippen LogP contribution in [0.15, 0.2) is 24.3 Å². The quantitative estimate of drug-likeness (QED) is 0.438. The van der Waals surface area contributed by atoms with Gasteiger partial charge in [-0.25, -0.2) is 0 Å². The fourth-order valence-electron chi connectivity index (χ4n) is 2.37. The third kappa shape index (κ3) is 3.32. The van der Waals surface area contributed by atoms with Gasteiger partial charge in [0.25, 0.3) is 11.8 Å². The highest BCUT2D eigenvalue weighted by atomic mass is 16.5. The summed E-state index contributed by atoms with van der Waals surface area (Å²) in [5.41, 5.74) is 0.381. The number of ketones is 1. The Bertz CT molecular complexity index is 690. The lowest BCUT2D eigenvalue weighted by molar-refractivity contribution is -0.160. The summed E-state index contributed by atoms with van der Waals surface area (Å²) in [7, 11) is 0. The number of fused-ring (bicyclic) bond motifs is 1. The van der Waals surface area contributed by atoms with E-state index in [-0.39, 0.29) is 17.7 Å². The van der Waals surface area contributed by atoms with E-state index in [4.69, 9.17) is 5.11 Å². The molecule has 0 fully saturated rings. The van der Waals surface area contributed by atoms with Crippen LogP contribution in [0.25, 0.3) is 0 Å². The van der Waals surface area contributed by atoms with Gasteiger partial charge in [0, 0.05) is 6.42 Å². The Hall–Kier alpha value is -3.03. The summed E-state index contributed by atoms with van der Waals surface area (Å²) in [5.74, 6) is -6.14. The minimum absolute atomic E-state index is 0.0186. The molecule has 1 aromatic carbocycles. The van der Waals surface area contributed by atoms with Crippen molar-refractivity contribution >= 4 is 29.5 Å². The molecule has 0 aliphatic carbocycles. The monoisotopic (exact) mass is 333 g/mol. The van der Waals surface area contributed by atoms with Crippen LogP contribution >= 0.6 is 0 Å². The predicted octanol–water partition coefficient (Wildman–Crippen LogP) is 0.506. The molecule has 0 aromatic heterocycles. The molecule has 0 spiro atoms. The first kappa shape index (κ1) is 17.3. The maximum absolute atomic E-state index is 12.1. The van der Waals surface area contributed by atoms with E-state index in [1.807, 2.05) is 0 Å². The first-order valence-electron chi connectivity index (χ1n) is 7.23. The molecular formula is C16H15NO7. The van der Waals surface area contributed by atoms with Gasteiger partial charge in [-0.1, -0.05) is 12.1 Å². The number of aliphatic carboxylic acids is 1. The smallest absolute Gasteiger partial charge is 0.320 e. The largest absolute Gasteiger partial charge is 0.481 e. The molecular weight excluding hydrogens is 318 g/mol. The topological polar surface area (TPSA) is 118 Å². The summed E-state index contributed by atoms with van der Waals surface area (Å²) in [6.07, 6.45) is -0.651. The first-order valence-corrected chi connectivity index (χ1v) is 7.23. The summed E-state index contributed by atoms with van der Waals surface area (Å²) in [6, 6.07) is 6.13. The lowest BCUT2D eigenvalue weighted by Gasteiger charge is -2.15. The number of imide groups is 1. The number of benzene rings is 1. The number of esters is 1. The zero-order chi connectivity index (χ0) is 17.9. The van der Waals surface area contributed by atoms with Crippen molar-refractivity contribution in [3.8, 4) is 0 Å². The Balaban J connectivity index is 2.08. The van der Waals surface area contributed by atoms with Crippen molar-refractivity contribution in [3.05, 3.63) is 35.4 Å². The molecule has 1 heterocycles. The molecule has 0 saturated heterocycles. The van der Waals surface area contributed by atoms with Crippen molar-refractivity contribution in [3.63, 3.8) is 0 Å². The average molecular weight is 333 g/mol. The number of rotatable bonds is 7. The lowest BCUT2D eigenvalue weighted by atomic mass is 10.0. The maximum atomic E-state index is 12.1. The molecule has 1 unspecified atom stereocenters. The van der Waals surface area contributed by atoms with Crippen LogP contribution in [0.2, 0.25) is 0 Å². The van der Waals surface area contributed by atoms with E-state index in [0.29, 0.717) is 0 Å². The van der Waals surface area contributed by atoms with Crippen molar-refractivity contribution in [1.29, 1.82) is 0 Å². The molecule has 0 bridgehead atoms. The second kappa shape index (κ2) is 7.03.